The van der Waals surface area contributed by atoms with Crippen molar-refractivity contribution in [2.45, 2.75) is 265 Å². The average Bonchev–Trinajstić information content (AvgIpc) is 3.22. The Morgan fingerprint density at radius 3 is 1.32 bits per heavy atom. The summed E-state index contributed by atoms with van der Waals surface area (Å²) >= 11 is 0. The van der Waals surface area contributed by atoms with Gasteiger partial charge in [-0.3, -0.25) is 19.2 Å². The first kappa shape index (κ1) is 54.9. The Kier molecular flexibility index (Phi) is 32.0. The SMILES string of the molecule is CCCCNC(=O)C(CCCCCCCCC(=O)OC(CCCC)CCCC)(CCCCCCCCC(=O)OC(CCCC)CCCC)OC(=O)C1(C)CCN(C)CC1. The highest BCUT2D eigenvalue weighted by Crippen LogP contribution is 2.37. The molecule has 59 heavy (non-hydrogen) atoms. The summed E-state index contributed by atoms with van der Waals surface area (Å²) in [7, 11) is 2.09. The largest absolute Gasteiger partial charge is 0.462 e. The number of esters is 3. The first-order chi connectivity index (χ1) is 28.5. The van der Waals surface area contributed by atoms with Crippen molar-refractivity contribution in [3.63, 3.8) is 0 Å². The molecule has 0 bridgehead atoms. The number of carbonyl (C=O) groups is 4. The normalized spacial score (nSPS) is 14.5. The van der Waals surface area contributed by atoms with E-state index in [1.807, 2.05) is 6.92 Å². The van der Waals surface area contributed by atoms with Crippen LogP contribution in [-0.2, 0) is 33.4 Å². The summed E-state index contributed by atoms with van der Waals surface area (Å²) in [6.45, 7) is 15.1. The molecule has 0 saturated carbocycles. The van der Waals surface area contributed by atoms with Crippen molar-refractivity contribution >= 4 is 23.8 Å². The zero-order chi connectivity index (χ0) is 43.6. The number of nitrogens with one attached hydrogen (secondary N) is 1. The number of carbonyl (C=O) groups excluding carboxylic acids is 4. The summed E-state index contributed by atoms with van der Waals surface area (Å²) in [4.78, 5) is 55.6. The molecule has 0 atom stereocenters. The highest BCUT2D eigenvalue weighted by Gasteiger charge is 2.46. The van der Waals surface area contributed by atoms with E-state index >= 15 is 0 Å². The lowest BCUT2D eigenvalue weighted by Gasteiger charge is -2.40. The van der Waals surface area contributed by atoms with E-state index in [9.17, 15) is 19.2 Å². The van der Waals surface area contributed by atoms with E-state index < -0.39 is 11.0 Å². The quantitative estimate of drug-likeness (QED) is 0.0372. The van der Waals surface area contributed by atoms with Gasteiger partial charge in [-0.25, -0.2) is 0 Å². The third-order valence-corrected chi connectivity index (χ3v) is 12.6. The van der Waals surface area contributed by atoms with E-state index in [-0.39, 0.29) is 36.0 Å². The maximum atomic E-state index is 14.2. The van der Waals surface area contributed by atoms with Crippen LogP contribution in [0.4, 0.5) is 0 Å². The lowest BCUT2D eigenvalue weighted by molar-refractivity contribution is -0.182. The van der Waals surface area contributed by atoms with Crippen molar-refractivity contribution in [2.75, 3.05) is 26.7 Å². The zero-order valence-electron chi connectivity index (χ0n) is 39.7. The minimum Gasteiger partial charge on any atom is -0.462 e. The van der Waals surface area contributed by atoms with E-state index in [0.29, 0.717) is 32.2 Å². The topological polar surface area (TPSA) is 111 Å². The van der Waals surface area contributed by atoms with Crippen molar-refractivity contribution in [2.24, 2.45) is 5.41 Å². The molecule has 0 aliphatic carbocycles. The van der Waals surface area contributed by atoms with Crippen molar-refractivity contribution < 1.29 is 33.4 Å². The second-order valence-corrected chi connectivity index (χ2v) is 18.4. The lowest BCUT2D eigenvalue weighted by atomic mass is 9.80. The molecule has 346 valence electrons. The molecule has 1 saturated heterocycles. The molecule has 9 nitrogen and oxygen atoms in total. The fraction of sp³-hybridized carbons (Fsp3) is 0.920. The van der Waals surface area contributed by atoms with Crippen LogP contribution in [0.25, 0.3) is 0 Å². The number of piperidine rings is 1. The number of hydrogen-bond acceptors (Lipinski definition) is 8. The number of unbranched alkanes of at least 4 members (excludes halogenated alkanes) is 15. The molecule has 0 aromatic carbocycles. The zero-order valence-corrected chi connectivity index (χ0v) is 39.7. The summed E-state index contributed by atoms with van der Waals surface area (Å²) in [5.41, 5.74) is -1.77. The monoisotopic (exact) mass is 835 g/mol. The second-order valence-electron chi connectivity index (χ2n) is 18.4. The Hall–Kier alpha value is -2.16. The molecule has 1 amide bonds. The molecule has 1 rings (SSSR count). The van der Waals surface area contributed by atoms with Crippen LogP contribution in [0.5, 0.6) is 0 Å². The van der Waals surface area contributed by atoms with Gasteiger partial charge >= 0.3 is 17.9 Å². The standard InChI is InChI=1S/C50H94N2O7/c1-8-13-30-43(31-14-9-2)57-45(53)34-26-22-18-20-24-28-36-50(47(55)51-40-17-12-5,59-48(56)49(6)38-41-52(7)42-39-49)37-29-25-21-19-23-27-35-46(54)58-44(32-15-10-3)33-16-11-4/h43-44H,8-42H2,1-7H3,(H,51,55). The van der Waals surface area contributed by atoms with Crippen LogP contribution in [0.15, 0.2) is 0 Å². The number of hydrogen-bond donors (Lipinski definition) is 1. The van der Waals surface area contributed by atoms with Gasteiger partial charge in [-0.2, -0.15) is 0 Å². The first-order valence-electron chi connectivity index (χ1n) is 25.1. The smallest absolute Gasteiger partial charge is 0.312 e. The number of amides is 1. The number of rotatable bonds is 38. The molecule has 0 aromatic rings. The predicted molar refractivity (Wildman–Crippen MR) is 243 cm³/mol. The first-order valence-corrected chi connectivity index (χ1v) is 25.1. The van der Waals surface area contributed by atoms with Gasteiger partial charge < -0.3 is 24.4 Å². The molecule has 0 spiro atoms. The molecule has 1 N–H and O–H groups in total. The number of ether oxygens (including phenoxy) is 3. The summed E-state index contributed by atoms with van der Waals surface area (Å²) < 4.78 is 18.2. The molecule has 1 aliphatic heterocycles. The van der Waals surface area contributed by atoms with Crippen molar-refractivity contribution in [1.29, 1.82) is 0 Å². The molecule has 1 heterocycles. The van der Waals surface area contributed by atoms with Gasteiger partial charge in [-0.1, -0.05) is 144 Å². The lowest BCUT2D eigenvalue weighted by Crippen LogP contribution is -2.53. The summed E-state index contributed by atoms with van der Waals surface area (Å²) in [6.07, 6.45) is 29.4. The highest BCUT2D eigenvalue weighted by atomic mass is 16.6. The summed E-state index contributed by atoms with van der Waals surface area (Å²) in [5, 5.41) is 3.17. The fourth-order valence-electron chi connectivity index (χ4n) is 8.17. The van der Waals surface area contributed by atoms with Crippen LogP contribution in [0, 0.1) is 5.41 Å². The maximum absolute atomic E-state index is 14.2. The van der Waals surface area contributed by atoms with Gasteiger partial charge in [0.15, 0.2) is 5.60 Å². The Bertz CT molecular complexity index is 1020. The van der Waals surface area contributed by atoms with Crippen molar-refractivity contribution in [3.8, 4) is 0 Å². The molecular formula is C50H94N2O7. The molecular weight excluding hydrogens is 741 g/mol. The van der Waals surface area contributed by atoms with Gasteiger partial charge in [0.25, 0.3) is 5.91 Å². The molecule has 1 aliphatic rings. The Balaban J connectivity index is 2.78. The van der Waals surface area contributed by atoms with Gasteiger partial charge in [-0.05, 0) is 111 Å². The van der Waals surface area contributed by atoms with E-state index in [1.54, 1.807) is 0 Å². The van der Waals surface area contributed by atoms with Gasteiger partial charge in [-0.15, -0.1) is 0 Å². The van der Waals surface area contributed by atoms with Crippen molar-refractivity contribution in [3.05, 3.63) is 0 Å². The van der Waals surface area contributed by atoms with Gasteiger partial charge in [0, 0.05) is 19.4 Å². The predicted octanol–water partition coefficient (Wildman–Crippen LogP) is 12.7. The van der Waals surface area contributed by atoms with Crippen LogP contribution < -0.4 is 5.32 Å². The van der Waals surface area contributed by atoms with E-state index in [0.717, 1.165) is 193 Å². The minimum absolute atomic E-state index is 0.0589. The number of likely N-dealkylation sites (tertiary alicyclic amines) is 1. The van der Waals surface area contributed by atoms with Crippen LogP contribution in [0.1, 0.15) is 247 Å². The molecule has 0 aromatic heterocycles. The van der Waals surface area contributed by atoms with Crippen molar-refractivity contribution in [1.82, 2.24) is 10.2 Å². The van der Waals surface area contributed by atoms with Crippen LogP contribution in [0.2, 0.25) is 0 Å². The number of nitrogens with zero attached hydrogens (tertiary/aromatic N) is 1. The van der Waals surface area contributed by atoms with Crippen LogP contribution >= 0.6 is 0 Å². The molecule has 0 radical (unpaired) electrons. The Labute approximate surface area is 363 Å². The third kappa shape index (κ3) is 25.4. The van der Waals surface area contributed by atoms with Gasteiger partial charge in [0.05, 0.1) is 5.41 Å². The van der Waals surface area contributed by atoms with E-state index in [2.05, 4.69) is 51.9 Å². The van der Waals surface area contributed by atoms with E-state index in [4.69, 9.17) is 14.2 Å². The third-order valence-electron chi connectivity index (χ3n) is 12.6. The molecule has 0 unspecified atom stereocenters. The Morgan fingerprint density at radius 2 is 0.932 bits per heavy atom. The molecule has 1 fully saturated rings. The summed E-state index contributed by atoms with van der Waals surface area (Å²) in [6, 6.07) is 0. The highest BCUT2D eigenvalue weighted by molar-refractivity contribution is 5.89. The van der Waals surface area contributed by atoms with Crippen LogP contribution in [0.3, 0.4) is 0 Å². The average molecular weight is 835 g/mol. The molecule has 9 heteroatoms. The van der Waals surface area contributed by atoms with Gasteiger partial charge in [0.1, 0.15) is 12.2 Å². The fourth-order valence-corrected chi connectivity index (χ4v) is 8.17. The van der Waals surface area contributed by atoms with E-state index in [1.165, 1.54) is 0 Å². The second kappa shape index (κ2) is 34.4. The Morgan fingerprint density at radius 1 is 0.559 bits per heavy atom. The minimum atomic E-state index is -1.18. The maximum Gasteiger partial charge on any atom is 0.312 e. The van der Waals surface area contributed by atoms with Crippen LogP contribution in [-0.4, -0.2) is 73.2 Å². The van der Waals surface area contributed by atoms with Gasteiger partial charge in [0.2, 0.25) is 0 Å². The summed E-state index contributed by atoms with van der Waals surface area (Å²) in [5.74, 6) is -0.488.